The standard InChI is InChI=1S/C18H15BrCl3N3OS/c19-11-7-5-10(6-8-11)15(26)24-17(18(20,21)22)25-16-13(9-23)12-3-1-2-4-14(12)27-16/h5-8,17,25H,1-4H2,(H,24,26). The van der Waals surface area contributed by atoms with Crippen molar-refractivity contribution < 1.29 is 4.79 Å². The summed E-state index contributed by atoms with van der Waals surface area (Å²) in [5, 5.41) is 16.0. The number of hydrogen-bond donors (Lipinski definition) is 2. The first-order chi connectivity index (χ1) is 12.8. The molecule has 1 aromatic carbocycles. The molecule has 0 aliphatic heterocycles. The zero-order chi connectivity index (χ0) is 19.6. The van der Waals surface area contributed by atoms with Gasteiger partial charge in [-0.25, -0.2) is 0 Å². The van der Waals surface area contributed by atoms with E-state index < -0.39 is 9.96 Å². The number of thiophene rings is 1. The normalized spacial score (nSPS) is 14.8. The number of fused-ring (bicyclic) bond motifs is 1. The highest BCUT2D eigenvalue weighted by atomic mass is 79.9. The fraction of sp³-hybridized carbons (Fsp3) is 0.333. The number of nitrogens with one attached hydrogen (secondary N) is 2. The zero-order valence-electron chi connectivity index (χ0n) is 14.0. The van der Waals surface area contributed by atoms with Crippen molar-refractivity contribution in [3.63, 3.8) is 0 Å². The number of benzene rings is 1. The van der Waals surface area contributed by atoms with Crippen LogP contribution < -0.4 is 10.6 Å². The number of hydrogen-bond acceptors (Lipinski definition) is 4. The van der Waals surface area contributed by atoms with E-state index in [9.17, 15) is 10.1 Å². The minimum absolute atomic E-state index is 0.383. The van der Waals surface area contributed by atoms with Gasteiger partial charge in [0.05, 0.1) is 5.56 Å². The number of aryl methyl sites for hydroxylation is 1. The fourth-order valence-corrected chi connectivity index (χ4v) is 4.79. The van der Waals surface area contributed by atoms with Gasteiger partial charge in [0.25, 0.3) is 5.91 Å². The molecule has 2 aromatic rings. The minimum atomic E-state index is -1.80. The molecule has 1 unspecified atom stereocenters. The smallest absolute Gasteiger partial charge is 0.252 e. The van der Waals surface area contributed by atoms with E-state index in [1.807, 2.05) is 0 Å². The van der Waals surface area contributed by atoms with Crippen molar-refractivity contribution in [2.75, 3.05) is 5.32 Å². The van der Waals surface area contributed by atoms with Crippen LogP contribution in [0.3, 0.4) is 0 Å². The summed E-state index contributed by atoms with van der Waals surface area (Å²) in [6.45, 7) is 0. The van der Waals surface area contributed by atoms with Gasteiger partial charge >= 0.3 is 0 Å². The van der Waals surface area contributed by atoms with Crippen LogP contribution in [0, 0.1) is 11.3 Å². The van der Waals surface area contributed by atoms with Gasteiger partial charge in [-0.05, 0) is 55.5 Å². The van der Waals surface area contributed by atoms with Crippen molar-refractivity contribution in [1.29, 1.82) is 5.26 Å². The molecule has 1 aromatic heterocycles. The predicted octanol–water partition coefficient (Wildman–Crippen LogP) is 5.80. The molecule has 2 N–H and O–H groups in total. The number of amides is 1. The lowest BCUT2D eigenvalue weighted by Gasteiger charge is -2.27. The van der Waals surface area contributed by atoms with Crippen LogP contribution in [0.15, 0.2) is 28.7 Å². The highest BCUT2D eigenvalue weighted by Crippen LogP contribution is 2.40. The van der Waals surface area contributed by atoms with Crippen molar-refractivity contribution >= 4 is 73.0 Å². The molecule has 0 saturated carbocycles. The van der Waals surface area contributed by atoms with Gasteiger partial charge in [0, 0.05) is 14.9 Å². The summed E-state index contributed by atoms with van der Waals surface area (Å²) in [5.41, 5.74) is 2.08. The van der Waals surface area contributed by atoms with Crippen LogP contribution in [0.2, 0.25) is 0 Å². The van der Waals surface area contributed by atoms with Gasteiger partial charge in [-0.3, -0.25) is 4.79 Å². The summed E-state index contributed by atoms with van der Waals surface area (Å²) >= 11 is 23.1. The average molecular weight is 508 g/mol. The van der Waals surface area contributed by atoms with Gasteiger partial charge in [-0.1, -0.05) is 50.7 Å². The van der Waals surface area contributed by atoms with Crippen molar-refractivity contribution in [1.82, 2.24) is 5.32 Å². The summed E-state index contributed by atoms with van der Waals surface area (Å²) in [6, 6.07) is 9.10. The number of anilines is 1. The first-order valence-corrected chi connectivity index (χ1v) is 11.0. The molecule has 3 rings (SSSR count). The molecule has 1 aliphatic rings. The molecule has 4 nitrogen and oxygen atoms in total. The van der Waals surface area contributed by atoms with Gasteiger partial charge in [0.1, 0.15) is 17.2 Å². The SMILES string of the molecule is N#Cc1c(NC(NC(=O)c2ccc(Br)cc2)C(Cl)(Cl)Cl)sc2c1CCCC2. The van der Waals surface area contributed by atoms with E-state index in [2.05, 4.69) is 32.6 Å². The van der Waals surface area contributed by atoms with E-state index in [1.54, 1.807) is 24.3 Å². The highest BCUT2D eigenvalue weighted by Gasteiger charge is 2.36. The number of carbonyl (C=O) groups excluding carboxylic acids is 1. The number of rotatable bonds is 4. The number of carbonyl (C=O) groups is 1. The molecule has 142 valence electrons. The third-order valence-corrected chi connectivity index (χ3v) is 6.67. The lowest BCUT2D eigenvalue weighted by molar-refractivity contribution is 0.0942. The maximum Gasteiger partial charge on any atom is 0.252 e. The number of halogens is 4. The van der Waals surface area contributed by atoms with Gasteiger partial charge < -0.3 is 10.6 Å². The first-order valence-electron chi connectivity index (χ1n) is 8.24. The molecule has 0 fully saturated rings. The van der Waals surface area contributed by atoms with Crippen LogP contribution in [0.25, 0.3) is 0 Å². The topological polar surface area (TPSA) is 64.9 Å². The van der Waals surface area contributed by atoms with E-state index in [-0.39, 0.29) is 5.91 Å². The Morgan fingerprint density at radius 3 is 2.52 bits per heavy atom. The molecule has 27 heavy (non-hydrogen) atoms. The summed E-state index contributed by atoms with van der Waals surface area (Å²) in [5.74, 6) is -0.383. The van der Waals surface area contributed by atoms with Crippen molar-refractivity contribution in [2.24, 2.45) is 0 Å². The van der Waals surface area contributed by atoms with Crippen LogP contribution in [-0.2, 0) is 12.8 Å². The Bertz CT molecular complexity index is 887. The second-order valence-corrected chi connectivity index (χ2v) is 10.5. The Morgan fingerprint density at radius 2 is 1.89 bits per heavy atom. The Hall–Kier alpha value is -0.970. The van der Waals surface area contributed by atoms with Crippen molar-refractivity contribution in [2.45, 2.75) is 35.6 Å². The van der Waals surface area contributed by atoms with Crippen LogP contribution in [0.5, 0.6) is 0 Å². The quantitative estimate of drug-likeness (QED) is 0.406. The van der Waals surface area contributed by atoms with E-state index in [1.165, 1.54) is 16.2 Å². The molecule has 1 atom stereocenters. The van der Waals surface area contributed by atoms with Gasteiger partial charge in [0.2, 0.25) is 3.79 Å². The second-order valence-electron chi connectivity index (χ2n) is 6.13. The first kappa shape index (κ1) is 20.8. The molecule has 1 heterocycles. The van der Waals surface area contributed by atoms with Gasteiger partial charge in [0.15, 0.2) is 0 Å². The molecule has 1 aliphatic carbocycles. The highest BCUT2D eigenvalue weighted by molar-refractivity contribution is 9.10. The van der Waals surface area contributed by atoms with Crippen LogP contribution in [0.4, 0.5) is 5.00 Å². The Kier molecular flexibility index (Phi) is 6.60. The minimum Gasteiger partial charge on any atom is -0.352 e. The summed E-state index contributed by atoms with van der Waals surface area (Å²) in [7, 11) is 0. The molecule has 0 bridgehead atoms. The van der Waals surface area contributed by atoms with Crippen molar-refractivity contribution in [3.05, 3.63) is 50.3 Å². The van der Waals surface area contributed by atoms with E-state index in [0.29, 0.717) is 16.1 Å². The van der Waals surface area contributed by atoms with Gasteiger partial charge in [-0.2, -0.15) is 5.26 Å². The maximum atomic E-state index is 12.5. The maximum absolute atomic E-state index is 12.5. The number of alkyl halides is 3. The van der Waals surface area contributed by atoms with Crippen LogP contribution in [-0.4, -0.2) is 15.9 Å². The van der Waals surface area contributed by atoms with Crippen LogP contribution >= 0.6 is 62.1 Å². The number of nitriles is 1. The number of nitrogens with zero attached hydrogens (tertiary/aromatic N) is 1. The fourth-order valence-electron chi connectivity index (χ4n) is 2.93. The summed E-state index contributed by atoms with van der Waals surface area (Å²) in [6.07, 6.45) is 2.99. The molecule has 0 spiro atoms. The van der Waals surface area contributed by atoms with Gasteiger partial charge in [-0.15, -0.1) is 11.3 Å². The Morgan fingerprint density at radius 1 is 1.22 bits per heavy atom. The molecular weight excluding hydrogens is 493 g/mol. The lowest BCUT2D eigenvalue weighted by Crippen LogP contribution is -2.49. The monoisotopic (exact) mass is 505 g/mol. The summed E-state index contributed by atoms with van der Waals surface area (Å²) in [4.78, 5) is 13.7. The summed E-state index contributed by atoms with van der Waals surface area (Å²) < 4.78 is -0.944. The molecule has 0 saturated heterocycles. The molecule has 9 heteroatoms. The molecular formula is C18H15BrCl3N3OS. The predicted molar refractivity (Wildman–Crippen MR) is 115 cm³/mol. The molecule has 0 radical (unpaired) electrons. The van der Waals surface area contributed by atoms with Crippen LogP contribution in [0.1, 0.15) is 39.2 Å². The van der Waals surface area contributed by atoms with E-state index in [0.717, 1.165) is 35.7 Å². The Labute approximate surface area is 184 Å². The second kappa shape index (κ2) is 8.59. The zero-order valence-corrected chi connectivity index (χ0v) is 18.7. The van der Waals surface area contributed by atoms with E-state index in [4.69, 9.17) is 34.8 Å². The van der Waals surface area contributed by atoms with Crippen molar-refractivity contribution in [3.8, 4) is 6.07 Å². The largest absolute Gasteiger partial charge is 0.352 e. The Balaban J connectivity index is 1.84. The third-order valence-electron chi connectivity index (χ3n) is 4.27. The molecule has 1 amide bonds. The van der Waals surface area contributed by atoms with E-state index >= 15 is 0 Å². The average Bonchev–Trinajstić information content (AvgIpc) is 2.98. The lowest BCUT2D eigenvalue weighted by atomic mass is 9.96. The third kappa shape index (κ3) is 4.90.